The van der Waals surface area contributed by atoms with Gasteiger partial charge in [-0.1, -0.05) is 71.4 Å². The Morgan fingerprint density at radius 2 is 1.43 bits per heavy atom. The summed E-state index contributed by atoms with van der Waals surface area (Å²) in [6.45, 7) is 16.7. The smallest absolute Gasteiger partial charge is 0.252 e. The van der Waals surface area contributed by atoms with Crippen molar-refractivity contribution in [2.75, 3.05) is 53.9 Å². The summed E-state index contributed by atoms with van der Waals surface area (Å²) < 4.78 is 6.08. The third-order valence-corrected chi connectivity index (χ3v) is 11.5. The molecule has 1 saturated heterocycles. The van der Waals surface area contributed by atoms with Crippen molar-refractivity contribution in [3.63, 3.8) is 0 Å². The van der Waals surface area contributed by atoms with Crippen LogP contribution in [0.5, 0.6) is 0 Å². The average Bonchev–Trinajstić information content (AvgIpc) is 3.25. The number of carbonyl (C=O) groups excluding carboxylic acids is 8. The van der Waals surface area contributed by atoms with Gasteiger partial charge in [0.2, 0.25) is 35.4 Å². The molecule has 0 aromatic heterocycles. The molecule has 1 fully saturated rings. The van der Waals surface area contributed by atoms with Gasteiger partial charge in [0, 0.05) is 47.2 Å². The predicted octanol–water partition coefficient (Wildman–Crippen LogP) is 2.81. The molecule has 3 N–H and O–H groups in total. The van der Waals surface area contributed by atoms with Gasteiger partial charge in [0.1, 0.15) is 24.2 Å². The summed E-state index contributed by atoms with van der Waals surface area (Å²) in [5, 5.41) is 15.3. The molecule has 0 spiro atoms. The molecule has 1 aliphatic rings. The summed E-state index contributed by atoms with van der Waals surface area (Å²) in [5.74, 6) is -4.57. The molecule has 7 amide bonds. The van der Waals surface area contributed by atoms with E-state index in [2.05, 4.69) is 10.6 Å². The van der Waals surface area contributed by atoms with Crippen molar-refractivity contribution in [1.82, 2.24) is 35.1 Å². The lowest BCUT2D eigenvalue weighted by Gasteiger charge is -2.38. The lowest BCUT2D eigenvalue weighted by Crippen LogP contribution is -2.62. The number of amides is 7. The molecule has 1 heterocycles. The number of nitrogens with one attached hydrogen (secondary N) is 2. The molecule has 0 saturated carbocycles. The third-order valence-electron chi connectivity index (χ3n) is 11.5. The first-order chi connectivity index (χ1) is 30.4. The Labute approximate surface area is 387 Å². The van der Waals surface area contributed by atoms with Crippen molar-refractivity contribution in [3.8, 4) is 0 Å². The van der Waals surface area contributed by atoms with Crippen LogP contribution in [0, 0.1) is 11.8 Å². The van der Waals surface area contributed by atoms with E-state index >= 15 is 0 Å². The Hall–Kier alpha value is -4.90. The number of aliphatic hydroxyl groups excluding tert-OH is 1. The lowest BCUT2D eigenvalue weighted by atomic mass is 9.98. The highest BCUT2D eigenvalue weighted by Crippen LogP contribution is 2.20. The van der Waals surface area contributed by atoms with Crippen LogP contribution < -0.4 is 10.6 Å². The Kier molecular flexibility index (Phi) is 23.3. The highest BCUT2D eigenvalue weighted by Gasteiger charge is 2.41. The van der Waals surface area contributed by atoms with Crippen LogP contribution in [0.2, 0.25) is 0 Å². The van der Waals surface area contributed by atoms with Gasteiger partial charge in [0.15, 0.2) is 12.3 Å². The van der Waals surface area contributed by atoms with E-state index in [0.717, 1.165) is 25.7 Å². The highest BCUT2D eigenvalue weighted by molar-refractivity contribution is 6.01. The van der Waals surface area contributed by atoms with Gasteiger partial charge in [-0.2, -0.15) is 0 Å². The Morgan fingerprint density at radius 1 is 0.815 bits per heavy atom. The molecular weight excluding hydrogens is 835 g/mol. The molecule has 366 valence electrons. The van der Waals surface area contributed by atoms with E-state index in [1.807, 2.05) is 26.8 Å². The topological polar surface area (TPSA) is 206 Å². The van der Waals surface area contributed by atoms with Gasteiger partial charge in [-0.15, -0.1) is 0 Å². The number of piperidine rings is 1. The van der Waals surface area contributed by atoms with Gasteiger partial charge in [-0.3, -0.25) is 33.6 Å². The first-order valence-corrected chi connectivity index (χ1v) is 23.2. The van der Waals surface area contributed by atoms with Crippen molar-refractivity contribution in [1.29, 1.82) is 0 Å². The largest absolute Gasteiger partial charge is 0.393 e. The molecule has 1 aromatic rings. The maximum absolute atomic E-state index is 14.8. The molecule has 17 heteroatoms. The van der Waals surface area contributed by atoms with Crippen LogP contribution in [-0.4, -0.2) is 173 Å². The van der Waals surface area contributed by atoms with Crippen molar-refractivity contribution in [2.45, 2.75) is 156 Å². The number of aliphatic hydroxyl groups is 1. The summed E-state index contributed by atoms with van der Waals surface area (Å²) >= 11 is 0. The first-order valence-electron chi connectivity index (χ1n) is 23.2. The molecule has 0 radical (unpaired) electrons. The number of rotatable bonds is 25. The van der Waals surface area contributed by atoms with Gasteiger partial charge in [-0.05, 0) is 77.2 Å². The van der Waals surface area contributed by atoms with Gasteiger partial charge in [-0.25, -0.2) is 0 Å². The number of nitrogens with zero attached hydrogens (tertiary/aromatic N) is 5. The molecule has 0 bridgehead atoms. The second-order valence-corrected chi connectivity index (χ2v) is 19.2. The second-order valence-electron chi connectivity index (χ2n) is 19.2. The molecular formula is C48H79N7O10. The fourth-order valence-corrected chi connectivity index (χ4v) is 7.76. The maximum atomic E-state index is 14.8. The van der Waals surface area contributed by atoms with E-state index in [1.54, 1.807) is 63.8 Å². The molecule has 0 aliphatic carbocycles. The van der Waals surface area contributed by atoms with Crippen LogP contribution in [0.4, 0.5) is 0 Å². The van der Waals surface area contributed by atoms with Gasteiger partial charge in [0.25, 0.3) is 5.91 Å². The Balaban J connectivity index is 2.53. The van der Waals surface area contributed by atoms with Crippen LogP contribution in [0.25, 0.3) is 0 Å². The van der Waals surface area contributed by atoms with Crippen molar-refractivity contribution in [2.24, 2.45) is 11.8 Å². The minimum Gasteiger partial charge on any atom is -0.393 e. The molecule has 65 heavy (non-hydrogen) atoms. The average molecular weight is 914 g/mol. The number of likely N-dealkylation sites (N-methyl/N-ethyl adjacent to an activating group) is 3. The first kappa shape index (κ1) is 56.2. The third kappa shape index (κ3) is 18.1. The summed E-state index contributed by atoms with van der Waals surface area (Å²) in [6.07, 6.45) is 3.55. The Bertz CT molecular complexity index is 1730. The monoisotopic (exact) mass is 914 g/mol. The van der Waals surface area contributed by atoms with Gasteiger partial charge >= 0.3 is 0 Å². The fourth-order valence-electron chi connectivity index (χ4n) is 7.76. The van der Waals surface area contributed by atoms with E-state index < -0.39 is 83.3 Å². The number of benzene rings is 1. The number of likely N-dealkylation sites (tertiary alicyclic amines) is 1. The van der Waals surface area contributed by atoms with E-state index in [1.165, 1.54) is 47.7 Å². The number of ether oxygens (including phenoxy) is 1. The predicted molar refractivity (Wildman–Crippen MR) is 248 cm³/mol. The van der Waals surface area contributed by atoms with Gasteiger partial charge in [0.05, 0.1) is 31.3 Å². The van der Waals surface area contributed by atoms with E-state index in [-0.39, 0.29) is 44.2 Å². The second kappa shape index (κ2) is 26.9. The maximum Gasteiger partial charge on any atom is 0.252 e. The minimum absolute atomic E-state index is 0.0272. The SMILES string of the molecule is CCCCN(CC(=O)N(C)[C@@H](CC(C)C)C(=O)NC(COC(C)(C)C)C(=O)N(C)[C@@H](Cc1ccccc1)C(=O)N(C)C(C(=O)N[C@@H](C=O)C(=O)N1CCCCC1)C(C)C)C(=O)C[C@@H](C)O. The molecule has 6 atom stereocenters. The van der Waals surface area contributed by atoms with Crippen LogP contribution in [-0.2, 0) is 49.5 Å². The molecule has 2 unspecified atom stereocenters. The minimum atomic E-state index is -1.44. The number of carbonyl (C=O) groups is 8. The zero-order valence-electron chi connectivity index (χ0n) is 41.1. The highest BCUT2D eigenvalue weighted by atomic mass is 16.5. The van der Waals surface area contributed by atoms with Crippen LogP contribution in [0.15, 0.2) is 30.3 Å². The van der Waals surface area contributed by atoms with E-state index in [0.29, 0.717) is 37.9 Å². The number of aldehydes is 1. The zero-order valence-corrected chi connectivity index (χ0v) is 41.1. The van der Waals surface area contributed by atoms with Crippen molar-refractivity contribution < 1.29 is 48.2 Å². The number of hydrogen-bond donors (Lipinski definition) is 3. The quantitative estimate of drug-likeness (QED) is 0.0967. The zero-order chi connectivity index (χ0) is 49.2. The van der Waals surface area contributed by atoms with Crippen molar-refractivity contribution >= 4 is 47.6 Å². The molecule has 17 nitrogen and oxygen atoms in total. The summed E-state index contributed by atoms with van der Waals surface area (Å²) in [7, 11) is 4.36. The fraction of sp³-hybridized carbons (Fsp3) is 0.708. The normalized spacial score (nSPS) is 15.8. The van der Waals surface area contributed by atoms with E-state index in [4.69, 9.17) is 4.74 Å². The van der Waals surface area contributed by atoms with Crippen LogP contribution >= 0.6 is 0 Å². The summed E-state index contributed by atoms with van der Waals surface area (Å²) in [5.41, 5.74) is -0.0420. The molecule has 1 aliphatic heterocycles. The lowest BCUT2D eigenvalue weighted by molar-refractivity contribution is -0.152. The Morgan fingerprint density at radius 3 is 1.95 bits per heavy atom. The summed E-state index contributed by atoms with van der Waals surface area (Å²) in [4.78, 5) is 117. The van der Waals surface area contributed by atoms with E-state index in [9.17, 15) is 43.5 Å². The molecule has 1 aromatic carbocycles. The number of hydrogen-bond acceptors (Lipinski definition) is 10. The summed E-state index contributed by atoms with van der Waals surface area (Å²) in [6, 6.07) is 2.82. The van der Waals surface area contributed by atoms with Crippen LogP contribution in [0.1, 0.15) is 113 Å². The standard InChI is InChI=1S/C48H79N7O10/c1-13-14-23-55(40(58)27-34(6)57)29-41(59)51(10)38(26-32(2)3)43(60)50-37(31-65-48(7,8)9)45(62)52(11)39(28-35-21-17-15-18-22-35)47(64)53(12)42(33(4)5)44(61)49-36(30-56)46(63)54-24-19-16-20-25-54/h15,17-18,21-22,30,32-34,36-39,42,57H,13-14,16,19-20,23-29,31H2,1-12H3,(H,49,61)(H,50,60)/t34-,36+,37?,38+,39+,42?/m1/s1. The van der Waals surface area contributed by atoms with Crippen LogP contribution in [0.3, 0.4) is 0 Å². The van der Waals surface area contributed by atoms with Crippen molar-refractivity contribution in [3.05, 3.63) is 35.9 Å². The van der Waals surface area contributed by atoms with Gasteiger partial charge < -0.3 is 49.8 Å². The number of unbranched alkanes of at least 4 members (excludes halogenated alkanes) is 1. The molecule has 2 rings (SSSR count).